The lowest BCUT2D eigenvalue weighted by molar-refractivity contribution is 0.0991. The van der Waals surface area contributed by atoms with Crippen LogP contribution in [0.3, 0.4) is 0 Å². The Morgan fingerprint density at radius 2 is 1.79 bits per heavy atom. The third kappa shape index (κ3) is 4.38. The molecule has 10 heteroatoms. The number of carbonyl (C=O) groups is 1. The van der Waals surface area contributed by atoms with E-state index < -0.39 is 21.7 Å². The maximum Gasteiger partial charge on any atom is 0.292 e. The van der Waals surface area contributed by atoms with Crippen molar-refractivity contribution in [2.75, 3.05) is 12.4 Å². The molecule has 0 fully saturated rings. The molecule has 2 N–H and O–H groups in total. The van der Waals surface area contributed by atoms with Gasteiger partial charge in [-0.3, -0.25) is 4.79 Å². The van der Waals surface area contributed by atoms with Crippen LogP contribution >= 0.6 is 0 Å². The van der Waals surface area contributed by atoms with Crippen LogP contribution in [0.5, 0.6) is 0 Å². The first kappa shape index (κ1) is 20.7. The van der Waals surface area contributed by atoms with Crippen molar-refractivity contribution in [2.45, 2.75) is 31.3 Å². The molecule has 3 rings (SSSR count). The number of hydrogen-bond acceptors (Lipinski definition) is 5. The smallest absolute Gasteiger partial charge is 0.292 e. The fourth-order valence-corrected chi connectivity index (χ4v) is 3.13. The number of rotatable bonds is 5. The third-order valence-corrected chi connectivity index (χ3v) is 5.42. The minimum Gasteiger partial charge on any atom is -0.438 e. The average Bonchev–Trinajstić information content (AvgIpc) is 3.30. The number of nitrogens with zero attached hydrogens (tertiary/aromatic N) is 2. The zero-order chi connectivity index (χ0) is 21.4. The molecule has 8 nitrogen and oxygen atoms in total. The van der Waals surface area contributed by atoms with Crippen molar-refractivity contribution in [1.29, 1.82) is 0 Å². The lowest BCUT2D eigenvalue weighted by atomic mass is 9.92. The largest absolute Gasteiger partial charge is 0.438 e. The highest BCUT2D eigenvalue weighted by Crippen LogP contribution is 2.27. The Morgan fingerprint density at radius 3 is 2.38 bits per heavy atom. The van der Waals surface area contributed by atoms with Gasteiger partial charge in [0.25, 0.3) is 15.9 Å². The zero-order valence-electron chi connectivity index (χ0n) is 16.4. The Morgan fingerprint density at radius 1 is 1.14 bits per heavy atom. The summed E-state index contributed by atoms with van der Waals surface area (Å²) in [6.45, 7) is 5.91. The number of hydrogen-bond donors (Lipinski definition) is 2. The molecule has 0 unspecified atom stereocenters. The summed E-state index contributed by atoms with van der Waals surface area (Å²) < 4.78 is 45.6. The summed E-state index contributed by atoms with van der Waals surface area (Å²) >= 11 is 0. The van der Waals surface area contributed by atoms with Gasteiger partial charge in [0, 0.05) is 11.5 Å². The maximum atomic E-state index is 13.3. The summed E-state index contributed by atoms with van der Waals surface area (Å²) in [5, 5.41) is 6.83. The van der Waals surface area contributed by atoms with Gasteiger partial charge < -0.3 is 9.73 Å². The van der Waals surface area contributed by atoms with E-state index in [0.717, 1.165) is 0 Å². The Kier molecular flexibility index (Phi) is 5.33. The Balaban J connectivity index is 1.96. The van der Waals surface area contributed by atoms with Gasteiger partial charge in [-0.25, -0.2) is 22.2 Å². The van der Waals surface area contributed by atoms with E-state index in [4.69, 9.17) is 4.42 Å². The zero-order valence-corrected chi connectivity index (χ0v) is 17.2. The molecule has 154 valence electrons. The lowest BCUT2D eigenvalue weighted by Crippen LogP contribution is -2.18. The highest BCUT2D eigenvalue weighted by Gasteiger charge is 2.24. The van der Waals surface area contributed by atoms with E-state index in [0.29, 0.717) is 17.2 Å². The minimum atomic E-state index is -3.80. The first-order valence-electron chi connectivity index (χ1n) is 8.72. The molecular formula is C19H21FN4O4S. The summed E-state index contributed by atoms with van der Waals surface area (Å²) in [5.41, 5.74) is 0.953. The molecule has 3 aromatic rings. The van der Waals surface area contributed by atoms with Gasteiger partial charge in [-0.2, -0.15) is 5.10 Å². The number of carbonyl (C=O) groups excluding carboxylic acids is 1. The van der Waals surface area contributed by atoms with Crippen LogP contribution in [0, 0.1) is 5.82 Å². The fraction of sp³-hybridized carbons (Fsp3) is 0.263. The van der Waals surface area contributed by atoms with Crippen LogP contribution in [-0.4, -0.2) is 31.2 Å². The molecule has 0 aliphatic heterocycles. The maximum absolute atomic E-state index is 13.3. The van der Waals surface area contributed by atoms with E-state index in [2.05, 4.69) is 15.1 Å². The van der Waals surface area contributed by atoms with Gasteiger partial charge in [-0.15, -0.1) is 0 Å². The van der Waals surface area contributed by atoms with Gasteiger partial charge in [0.2, 0.25) is 5.09 Å². The molecule has 0 saturated carbocycles. The molecule has 0 aliphatic carbocycles. The van der Waals surface area contributed by atoms with E-state index in [1.165, 1.54) is 48.1 Å². The second-order valence-corrected chi connectivity index (χ2v) is 9.15. The SMILES string of the molecule is CNS(=O)(=O)c1ccc(C(=O)Nc2cc(C(C)(C)C)nn2-c2ccc(F)cc2)o1. The third-order valence-electron chi connectivity index (χ3n) is 4.13. The molecule has 0 radical (unpaired) electrons. The monoisotopic (exact) mass is 420 g/mol. The number of furan rings is 1. The number of aromatic nitrogens is 2. The number of benzene rings is 1. The van der Waals surface area contributed by atoms with Crippen molar-refractivity contribution in [3.05, 3.63) is 59.7 Å². The molecule has 1 amide bonds. The molecule has 29 heavy (non-hydrogen) atoms. The second kappa shape index (κ2) is 7.45. The van der Waals surface area contributed by atoms with Crippen molar-refractivity contribution >= 4 is 21.7 Å². The topological polar surface area (TPSA) is 106 Å². The van der Waals surface area contributed by atoms with Crippen LogP contribution in [0.2, 0.25) is 0 Å². The van der Waals surface area contributed by atoms with Crippen molar-refractivity contribution in [3.63, 3.8) is 0 Å². The number of anilines is 1. The molecular weight excluding hydrogens is 399 g/mol. The highest BCUT2D eigenvalue weighted by molar-refractivity contribution is 7.89. The van der Waals surface area contributed by atoms with Gasteiger partial charge in [0.15, 0.2) is 5.76 Å². The molecule has 2 heterocycles. The minimum absolute atomic E-state index is 0.178. The summed E-state index contributed by atoms with van der Waals surface area (Å²) in [5.74, 6) is -0.883. The van der Waals surface area contributed by atoms with Crippen molar-refractivity contribution < 1.29 is 22.0 Å². The Bertz CT molecular complexity index is 1140. The highest BCUT2D eigenvalue weighted by atomic mass is 32.2. The van der Waals surface area contributed by atoms with Gasteiger partial charge >= 0.3 is 0 Å². The fourth-order valence-electron chi connectivity index (χ4n) is 2.48. The molecule has 0 atom stereocenters. The van der Waals surface area contributed by atoms with E-state index in [1.54, 1.807) is 6.07 Å². The van der Waals surface area contributed by atoms with Gasteiger partial charge in [0.05, 0.1) is 11.4 Å². The standard InChI is InChI=1S/C19H21FN4O4S/c1-19(2,3)15-11-16(24(23-15)13-7-5-12(20)6-8-13)22-18(25)14-9-10-17(28-14)29(26,27)21-4/h5-11,21H,1-4H3,(H,22,25). The quantitative estimate of drug-likeness (QED) is 0.660. The molecule has 1 aromatic carbocycles. The van der Waals surface area contributed by atoms with Crippen molar-refractivity contribution in [2.24, 2.45) is 0 Å². The molecule has 0 aliphatic rings. The lowest BCUT2D eigenvalue weighted by Gasteiger charge is -2.14. The summed E-state index contributed by atoms with van der Waals surface area (Å²) in [6, 6.07) is 9.82. The van der Waals surface area contributed by atoms with Crippen LogP contribution in [0.1, 0.15) is 37.0 Å². The van der Waals surface area contributed by atoms with Crippen LogP contribution in [0.4, 0.5) is 10.2 Å². The molecule has 0 spiro atoms. The predicted molar refractivity (Wildman–Crippen MR) is 105 cm³/mol. The number of halogens is 1. The van der Waals surface area contributed by atoms with Gasteiger partial charge in [-0.05, 0) is 43.4 Å². The molecule has 2 aromatic heterocycles. The Labute approximate surface area is 167 Å². The van der Waals surface area contributed by atoms with Crippen LogP contribution in [-0.2, 0) is 15.4 Å². The summed E-state index contributed by atoms with van der Waals surface area (Å²) in [4.78, 5) is 12.6. The normalized spacial score (nSPS) is 12.2. The van der Waals surface area contributed by atoms with E-state index >= 15 is 0 Å². The molecule has 0 saturated heterocycles. The van der Waals surface area contributed by atoms with Crippen LogP contribution in [0.25, 0.3) is 5.69 Å². The van der Waals surface area contributed by atoms with Gasteiger partial charge in [0.1, 0.15) is 11.6 Å². The number of nitrogens with one attached hydrogen (secondary N) is 2. The van der Waals surface area contributed by atoms with Crippen molar-refractivity contribution in [3.8, 4) is 5.69 Å². The van der Waals surface area contributed by atoms with Gasteiger partial charge in [-0.1, -0.05) is 20.8 Å². The number of amides is 1. The first-order chi connectivity index (χ1) is 13.5. The summed E-state index contributed by atoms with van der Waals surface area (Å²) in [7, 11) is -2.56. The predicted octanol–water partition coefficient (Wildman–Crippen LogP) is 3.06. The second-order valence-electron chi connectivity index (χ2n) is 7.33. The van der Waals surface area contributed by atoms with E-state index in [9.17, 15) is 17.6 Å². The molecule has 0 bridgehead atoms. The first-order valence-corrected chi connectivity index (χ1v) is 10.2. The van der Waals surface area contributed by atoms with E-state index in [1.807, 2.05) is 20.8 Å². The van der Waals surface area contributed by atoms with Crippen LogP contribution in [0.15, 0.2) is 52.0 Å². The van der Waals surface area contributed by atoms with E-state index in [-0.39, 0.29) is 16.3 Å². The Hall–Kier alpha value is -2.98. The van der Waals surface area contributed by atoms with Crippen LogP contribution < -0.4 is 10.0 Å². The number of sulfonamides is 1. The average molecular weight is 420 g/mol. The summed E-state index contributed by atoms with van der Waals surface area (Å²) in [6.07, 6.45) is 0. The van der Waals surface area contributed by atoms with Crippen molar-refractivity contribution in [1.82, 2.24) is 14.5 Å².